The maximum atomic E-state index is 11.4. The maximum absolute atomic E-state index is 11.4. The monoisotopic (exact) mass is 324 g/mol. The van der Waals surface area contributed by atoms with Crippen LogP contribution in [0.5, 0.6) is 0 Å². The lowest BCUT2D eigenvalue weighted by Crippen LogP contribution is -2.09. The lowest BCUT2D eigenvalue weighted by molar-refractivity contribution is -0.141. The first-order valence-corrected chi connectivity index (χ1v) is 6.25. The molecule has 1 aromatic rings. The van der Waals surface area contributed by atoms with E-state index in [9.17, 15) is 9.59 Å². The van der Waals surface area contributed by atoms with Gasteiger partial charge in [0.1, 0.15) is 0 Å². The second-order valence-corrected chi connectivity index (χ2v) is 4.59. The van der Waals surface area contributed by atoms with Crippen molar-refractivity contribution in [1.29, 1.82) is 0 Å². The highest BCUT2D eigenvalue weighted by molar-refractivity contribution is 9.12. The Bertz CT molecular complexity index is 518. The van der Waals surface area contributed by atoms with Gasteiger partial charge in [0.05, 0.1) is 13.5 Å². The summed E-state index contributed by atoms with van der Waals surface area (Å²) in [5.74, 6) is -1.74. The summed E-state index contributed by atoms with van der Waals surface area (Å²) in [6.07, 6.45) is 2.85. The number of hydrogen-bond donors (Lipinski definition) is 1. The summed E-state index contributed by atoms with van der Waals surface area (Å²) in [4.78, 5) is 22.1. The Labute approximate surface area is 119 Å². The molecule has 0 aliphatic carbocycles. The van der Waals surface area contributed by atoms with Gasteiger partial charge in [0, 0.05) is 10.1 Å². The Kier molecular flexibility index (Phi) is 6.02. The second kappa shape index (κ2) is 7.53. The number of carbonyl (C=O) groups is 2. The van der Waals surface area contributed by atoms with Gasteiger partial charge in [-0.15, -0.1) is 0 Å². The third-order valence-electron chi connectivity index (χ3n) is 2.21. The molecule has 0 heterocycles. The van der Waals surface area contributed by atoms with E-state index >= 15 is 0 Å². The van der Waals surface area contributed by atoms with Crippen LogP contribution in [0.4, 0.5) is 0 Å². The molecule has 19 heavy (non-hydrogen) atoms. The number of benzene rings is 1. The fourth-order valence-electron chi connectivity index (χ4n) is 1.39. The molecule has 0 aliphatic rings. The molecule has 5 heteroatoms. The summed E-state index contributed by atoms with van der Waals surface area (Å²) in [6, 6.07) is 9.45. The Morgan fingerprint density at radius 3 is 2.47 bits per heavy atom. The van der Waals surface area contributed by atoms with Gasteiger partial charge in [-0.25, -0.2) is 4.79 Å². The van der Waals surface area contributed by atoms with Crippen LogP contribution in [0.3, 0.4) is 0 Å². The van der Waals surface area contributed by atoms with Gasteiger partial charge >= 0.3 is 11.9 Å². The van der Waals surface area contributed by atoms with Crippen molar-refractivity contribution in [2.45, 2.75) is 6.42 Å². The van der Waals surface area contributed by atoms with Gasteiger partial charge < -0.3 is 9.84 Å². The number of halogens is 1. The molecule has 0 bridgehead atoms. The normalized spacial score (nSPS) is 12.1. The van der Waals surface area contributed by atoms with Crippen LogP contribution >= 0.6 is 15.9 Å². The van der Waals surface area contributed by atoms with E-state index in [0.717, 1.165) is 5.56 Å². The predicted molar refractivity (Wildman–Crippen MR) is 75.7 cm³/mol. The minimum absolute atomic E-state index is 0.0778. The quantitative estimate of drug-likeness (QED) is 0.513. The summed E-state index contributed by atoms with van der Waals surface area (Å²) in [5, 5.41) is 8.75. The van der Waals surface area contributed by atoms with Crippen molar-refractivity contribution in [2.24, 2.45) is 0 Å². The highest BCUT2D eigenvalue weighted by atomic mass is 79.9. The zero-order valence-corrected chi connectivity index (χ0v) is 11.9. The summed E-state index contributed by atoms with van der Waals surface area (Å²) in [5.41, 5.74) is 1.01. The SMILES string of the molecule is COC(=O)/C(=C/C(Br)=C/c1ccccc1)CC(=O)O. The smallest absolute Gasteiger partial charge is 0.334 e. The molecular formula is C14H13BrO4. The average molecular weight is 325 g/mol. The van der Waals surface area contributed by atoms with Gasteiger partial charge in [-0.1, -0.05) is 46.3 Å². The Morgan fingerprint density at radius 2 is 1.95 bits per heavy atom. The first-order chi connectivity index (χ1) is 9.02. The molecule has 4 nitrogen and oxygen atoms in total. The fourth-order valence-corrected chi connectivity index (χ4v) is 1.93. The summed E-state index contributed by atoms with van der Waals surface area (Å²) in [7, 11) is 1.22. The topological polar surface area (TPSA) is 63.6 Å². The summed E-state index contributed by atoms with van der Waals surface area (Å²) < 4.78 is 5.14. The number of carbonyl (C=O) groups excluding carboxylic acids is 1. The number of carboxylic acid groups (broad SMARTS) is 1. The number of ether oxygens (including phenoxy) is 1. The van der Waals surface area contributed by atoms with E-state index in [-0.39, 0.29) is 12.0 Å². The van der Waals surface area contributed by atoms with E-state index in [4.69, 9.17) is 5.11 Å². The van der Waals surface area contributed by atoms with Gasteiger partial charge in [0.25, 0.3) is 0 Å². The minimum Gasteiger partial charge on any atom is -0.481 e. The van der Waals surface area contributed by atoms with Crippen molar-refractivity contribution in [3.63, 3.8) is 0 Å². The molecule has 0 aromatic heterocycles. The highest BCUT2D eigenvalue weighted by Crippen LogP contribution is 2.17. The second-order valence-electron chi connectivity index (χ2n) is 3.67. The van der Waals surface area contributed by atoms with E-state index in [1.54, 1.807) is 6.08 Å². The Morgan fingerprint density at radius 1 is 1.32 bits per heavy atom. The molecule has 1 aromatic carbocycles. The standard InChI is InChI=1S/C14H13BrO4/c1-19-14(18)11(9-13(16)17)8-12(15)7-10-5-3-2-4-6-10/h2-8H,9H2,1H3,(H,16,17)/b11-8+,12-7-. The van der Waals surface area contributed by atoms with Crippen LogP contribution in [0.15, 0.2) is 46.5 Å². The largest absolute Gasteiger partial charge is 0.481 e. The van der Waals surface area contributed by atoms with Gasteiger partial charge in [0.2, 0.25) is 0 Å². The van der Waals surface area contributed by atoms with Crippen molar-refractivity contribution in [2.75, 3.05) is 7.11 Å². The van der Waals surface area contributed by atoms with Crippen molar-refractivity contribution >= 4 is 33.9 Å². The molecule has 0 amide bonds. The molecule has 0 radical (unpaired) electrons. The number of rotatable bonds is 5. The van der Waals surface area contributed by atoms with E-state index in [0.29, 0.717) is 4.48 Å². The fraction of sp³-hybridized carbons (Fsp3) is 0.143. The highest BCUT2D eigenvalue weighted by Gasteiger charge is 2.13. The first-order valence-electron chi connectivity index (χ1n) is 5.46. The zero-order chi connectivity index (χ0) is 14.3. The van der Waals surface area contributed by atoms with E-state index in [1.807, 2.05) is 30.3 Å². The van der Waals surface area contributed by atoms with Crippen LogP contribution in [0.25, 0.3) is 6.08 Å². The molecule has 0 atom stereocenters. The number of esters is 1. The number of allylic oxidation sites excluding steroid dienone is 2. The van der Waals surface area contributed by atoms with Gasteiger partial charge in [-0.2, -0.15) is 0 Å². The van der Waals surface area contributed by atoms with Crippen LogP contribution in [0, 0.1) is 0 Å². The lowest BCUT2D eigenvalue weighted by atomic mass is 10.1. The summed E-state index contributed by atoms with van der Waals surface area (Å²) >= 11 is 3.29. The summed E-state index contributed by atoms with van der Waals surface area (Å²) in [6.45, 7) is 0. The number of aliphatic carboxylic acids is 1. The first kappa shape index (κ1) is 15.2. The van der Waals surface area contributed by atoms with Gasteiger partial charge in [0.15, 0.2) is 0 Å². The van der Waals surface area contributed by atoms with Gasteiger partial charge in [-0.3, -0.25) is 4.79 Å². The van der Waals surface area contributed by atoms with Crippen LogP contribution in [-0.2, 0) is 14.3 Å². The molecule has 0 fully saturated rings. The molecular weight excluding hydrogens is 312 g/mol. The van der Waals surface area contributed by atoms with Crippen LogP contribution < -0.4 is 0 Å². The minimum atomic E-state index is -1.09. The molecule has 0 saturated heterocycles. The van der Waals surface area contributed by atoms with Gasteiger partial charge in [-0.05, 0) is 17.7 Å². The molecule has 0 aliphatic heterocycles. The Hall–Kier alpha value is -1.88. The zero-order valence-electron chi connectivity index (χ0n) is 10.3. The van der Waals surface area contributed by atoms with Crippen molar-refractivity contribution < 1.29 is 19.4 Å². The average Bonchev–Trinajstić information content (AvgIpc) is 2.37. The molecule has 0 saturated carbocycles. The third-order valence-corrected chi connectivity index (χ3v) is 2.66. The molecule has 1 N–H and O–H groups in total. The third kappa shape index (κ3) is 5.52. The van der Waals surface area contributed by atoms with E-state index < -0.39 is 11.9 Å². The van der Waals surface area contributed by atoms with Crippen molar-refractivity contribution in [3.05, 3.63) is 52.0 Å². The van der Waals surface area contributed by atoms with Crippen molar-refractivity contribution in [3.8, 4) is 0 Å². The number of methoxy groups -OCH3 is 1. The molecule has 100 valence electrons. The predicted octanol–water partition coefficient (Wildman–Crippen LogP) is 3.00. The number of hydrogen-bond acceptors (Lipinski definition) is 3. The van der Waals surface area contributed by atoms with Crippen LogP contribution in [0.1, 0.15) is 12.0 Å². The molecule has 1 rings (SSSR count). The van der Waals surface area contributed by atoms with E-state index in [2.05, 4.69) is 20.7 Å². The van der Waals surface area contributed by atoms with E-state index in [1.165, 1.54) is 13.2 Å². The molecule has 0 spiro atoms. The van der Waals surface area contributed by atoms with Crippen molar-refractivity contribution in [1.82, 2.24) is 0 Å². The lowest BCUT2D eigenvalue weighted by Gasteiger charge is -2.02. The number of carboxylic acids is 1. The van der Waals surface area contributed by atoms with Crippen LogP contribution in [-0.4, -0.2) is 24.2 Å². The maximum Gasteiger partial charge on any atom is 0.334 e. The molecule has 0 unspecified atom stereocenters. The van der Waals surface area contributed by atoms with Crippen LogP contribution in [0.2, 0.25) is 0 Å². The Balaban J connectivity index is 2.97.